The summed E-state index contributed by atoms with van der Waals surface area (Å²) in [7, 11) is 1.57. The number of nitrogens with zero attached hydrogens (tertiary/aromatic N) is 2. The summed E-state index contributed by atoms with van der Waals surface area (Å²) in [6, 6.07) is 4.91. The number of carboxylic acid groups (broad SMARTS) is 1. The number of aryl methyl sites for hydroxylation is 1. The highest BCUT2D eigenvalue weighted by atomic mass is 79.9. The molecule has 0 aromatic carbocycles. The molecular weight excluding hydrogens is 264 g/mol. The van der Waals surface area contributed by atoms with Gasteiger partial charge in [0.05, 0.1) is 0 Å². The average molecular weight is 271 g/mol. The number of aromatic nitrogens is 2. The predicted molar refractivity (Wildman–Crippen MR) is 55.6 cm³/mol. The van der Waals surface area contributed by atoms with Gasteiger partial charge in [-0.05, 0) is 28.1 Å². The molecule has 0 spiro atoms. The molecule has 15 heavy (non-hydrogen) atoms. The van der Waals surface area contributed by atoms with Crippen LogP contribution < -0.4 is 0 Å². The van der Waals surface area contributed by atoms with Crippen molar-refractivity contribution in [2.24, 2.45) is 7.05 Å². The van der Waals surface area contributed by atoms with Gasteiger partial charge in [0, 0.05) is 13.1 Å². The Bertz CT molecular complexity index is 515. The standard InChI is InChI=1S/C9H7BrN2O3/c1-12-6(9(13)14)4-5(11-12)7-2-3-8(10)15-7/h2-4H,1H3,(H,13,14). The zero-order chi connectivity index (χ0) is 11.0. The third kappa shape index (κ3) is 1.80. The molecule has 0 amide bonds. The molecule has 0 saturated carbocycles. The van der Waals surface area contributed by atoms with E-state index in [-0.39, 0.29) is 5.69 Å². The first kappa shape index (κ1) is 9.97. The maximum absolute atomic E-state index is 10.8. The summed E-state index contributed by atoms with van der Waals surface area (Å²) in [4.78, 5) is 10.8. The van der Waals surface area contributed by atoms with Crippen LogP contribution >= 0.6 is 15.9 Å². The Labute approximate surface area is 93.4 Å². The summed E-state index contributed by atoms with van der Waals surface area (Å²) in [5.74, 6) is -0.480. The number of rotatable bonds is 2. The second-order valence-corrected chi connectivity index (χ2v) is 3.73. The number of carbonyl (C=O) groups is 1. The van der Waals surface area contributed by atoms with Crippen molar-refractivity contribution in [3.05, 3.63) is 28.6 Å². The number of carboxylic acids is 1. The molecule has 2 aromatic heterocycles. The normalized spacial score (nSPS) is 10.5. The largest absolute Gasteiger partial charge is 0.477 e. The third-order valence-corrected chi connectivity index (χ3v) is 2.35. The van der Waals surface area contributed by atoms with Crippen molar-refractivity contribution in [3.8, 4) is 11.5 Å². The molecule has 6 heteroatoms. The third-order valence-electron chi connectivity index (χ3n) is 1.92. The van der Waals surface area contributed by atoms with E-state index >= 15 is 0 Å². The van der Waals surface area contributed by atoms with Gasteiger partial charge in [-0.2, -0.15) is 5.10 Å². The van der Waals surface area contributed by atoms with Crippen molar-refractivity contribution in [1.29, 1.82) is 0 Å². The van der Waals surface area contributed by atoms with Crippen LogP contribution in [0.2, 0.25) is 0 Å². The highest BCUT2D eigenvalue weighted by Gasteiger charge is 2.14. The van der Waals surface area contributed by atoms with Gasteiger partial charge in [0.25, 0.3) is 0 Å². The van der Waals surface area contributed by atoms with Crippen molar-refractivity contribution >= 4 is 21.9 Å². The monoisotopic (exact) mass is 270 g/mol. The SMILES string of the molecule is Cn1nc(-c2ccc(Br)o2)cc1C(=O)O. The number of halogens is 1. The number of aromatic carboxylic acids is 1. The Hall–Kier alpha value is -1.56. The molecule has 78 valence electrons. The summed E-state index contributed by atoms with van der Waals surface area (Å²) in [5, 5.41) is 12.9. The van der Waals surface area contributed by atoms with Gasteiger partial charge in [-0.1, -0.05) is 0 Å². The Balaban J connectivity index is 2.46. The highest BCUT2D eigenvalue weighted by molar-refractivity contribution is 9.10. The van der Waals surface area contributed by atoms with Crippen LogP contribution in [-0.2, 0) is 7.05 Å². The fraction of sp³-hybridized carbons (Fsp3) is 0.111. The minimum absolute atomic E-state index is 0.123. The quantitative estimate of drug-likeness (QED) is 0.908. The van der Waals surface area contributed by atoms with Crippen LogP contribution in [0.3, 0.4) is 0 Å². The number of furan rings is 1. The molecule has 1 N–H and O–H groups in total. The lowest BCUT2D eigenvalue weighted by atomic mass is 10.3. The minimum Gasteiger partial charge on any atom is -0.477 e. The van der Waals surface area contributed by atoms with Gasteiger partial charge in [0.1, 0.15) is 11.4 Å². The van der Waals surface area contributed by atoms with Crippen molar-refractivity contribution in [1.82, 2.24) is 9.78 Å². The lowest BCUT2D eigenvalue weighted by Crippen LogP contribution is -2.04. The molecule has 0 atom stereocenters. The summed E-state index contributed by atoms with van der Waals surface area (Å²) >= 11 is 3.17. The fourth-order valence-corrected chi connectivity index (χ4v) is 1.55. The van der Waals surface area contributed by atoms with Gasteiger partial charge in [-0.25, -0.2) is 4.79 Å². The lowest BCUT2D eigenvalue weighted by Gasteiger charge is -1.91. The van der Waals surface area contributed by atoms with E-state index in [2.05, 4.69) is 21.0 Å². The summed E-state index contributed by atoms with van der Waals surface area (Å²) < 4.78 is 7.15. The van der Waals surface area contributed by atoms with Crippen molar-refractivity contribution in [3.63, 3.8) is 0 Å². The van der Waals surface area contributed by atoms with Crippen molar-refractivity contribution < 1.29 is 14.3 Å². The average Bonchev–Trinajstić information content (AvgIpc) is 2.71. The molecule has 2 rings (SSSR count). The Morgan fingerprint density at radius 3 is 2.80 bits per heavy atom. The molecule has 0 radical (unpaired) electrons. The molecular formula is C9H7BrN2O3. The molecule has 0 bridgehead atoms. The summed E-state index contributed by atoms with van der Waals surface area (Å²) in [6.45, 7) is 0. The van der Waals surface area contributed by atoms with E-state index in [1.54, 1.807) is 19.2 Å². The molecule has 0 aliphatic rings. The van der Waals surface area contributed by atoms with Gasteiger partial charge < -0.3 is 9.52 Å². The van der Waals surface area contributed by atoms with E-state index in [1.807, 2.05) is 0 Å². The van der Waals surface area contributed by atoms with Crippen LogP contribution in [0, 0.1) is 0 Å². The zero-order valence-electron chi connectivity index (χ0n) is 7.77. The maximum Gasteiger partial charge on any atom is 0.354 e. The van der Waals surface area contributed by atoms with Crippen LogP contribution in [-0.4, -0.2) is 20.9 Å². The minimum atomic E-state index is -1.01. The number of hydrogen-bond donors (Lipinski definition) is 1. The van der Waals surface area contributed by atoms with Gasteiger partial charge in [0.2, 0.25) is 0 Å². The smallest absolute Gasteiger partial charge is 0.354 e. The van der Waals surface area contributed by atoms with Gasteiger partial charge in [0.15, 0.2) is 10.4 Å². The van der Waals surface area contributed by atoms with Crippen LogP contribution in [0.25, 0.3) is 11.5 Å². The Morgan fingerprint density at radius 1 is 1.60 bits per heavy atom. The topological polar surface area (TPSA) is 68.3 Å². The lowest BCUT2D eigenvalue weighted by molar-refractivity contribution is 0.0685. The fourth-order valence-electron chi connectivity index (χ4n) is 1.24. The zero-order valence-corrected chi connectivity index (χ0v) is 9.35. The van der Waals surface area contributed by atoms with E-state index in [4.69, 9.17) is 9.52 Å². The summed E-state index contributed by atoms with van der Waals surface area (Å²) in [5.41, 5.74) is 0.623. The van der Waals surface area contributed by atoms with E-state index in [9.17, 15) is 4.79 Å². The second-order valence-electron chi connectivity index (χ2n) is 2.95. The maximum atomic E-state index is 10.8. The Morgan fingerprint density at radius 2 is 2.33 bits per heavy atom. The van der Waals surface area contributed by atoms with E-state index < -0.39 is 5.97 Å². The Kier molecular flexibility index (Phi) is 2.36. The van der Waals surface area contributed by atoms with Gasteiger partial charge >= 0.3 is 5.97 Å². The first-order valence-corrected chi connectivity index (χ1v) is 4.90. The predicted octanol–water partition coefficient (Wildman–Crippen LogP) is 2.14. The second kappa shape index (κ2) is 3.54. The van der Waals surface area contributed by atoms with Crippen molar-refractivity contribution in [2.75, 3.05) is 0 Å². The van der Waals surface area contributed by atoms with Gasteiger partial charge in [-0.15, -0.1) is 0 Å². The molecule has 0 unspecified atom stereocenters. The summed E-state index contributed by atoms with van der Waals surface area (Å²) in [6.07, 6.45) is 0. The van der Waals surface area contributed by atoms with Crippen LogP contribution in [0.1, 0.15) is 10.5 Å². The van der Waals surface area contributed by atoms with E-state index in [1.165, 1.54) is 10.7 Å². The number of hydrogen-bond acceptors (Lipinski definition) is 3. The van der Waals surface area contributed by atoms with Gasteiger partial charge in [-0.3, -0.25) is 4.68 Å². The molecule has 0 aliphatic carbocycles. The molecule has 0 aliphatic heterocycles. The molecule has 2 heterocycles. The van der Waals surface area contributed by atoms with Crippen LogP contribution in [0.4, 0.5) is 0 Å². The highest BCUT2D eigenvalue weighted by Crippen LogP contribution is 2.24. The molecule has 2 aromatic rings. The first-order valence-electron chi connectivity index (χ1n) is 4.11. The molecule has 0 fully saturated rings. The van der Waals surface area contributed by atoms with Crippen LogP contribution in [0.5, 0.6) is 0 Å². The van der Waals surface area contributed by atoms with Crippen LogP contribution in [0.15, 0.2) is 27.3 Å². The van der Waals surface area contributed by atoms with E-state index in [0.717, 1.165) is 0 Å². The molecule has 0 saturated heterocycles. The van der Waals surface area contributed by atoms with Crippen molar-refractivity contribution in [2.45, 2.75) is 0 Å². The molecule has 5 nitrogen and oxygen atoms in total. The van der Waals surface area contributed by atoms with E-state index in [0.29, 0.717) is 16.1 Å². The first-order chi connectivity index (χ1) is 7.08.